The van der Waals surface area contributed by atoms with E-state index in [0.29, 0.717) is 17.3 Å². The summed E-state index contributed by atoms with van der Waals surface area (Å²) < 4.78 is 0. The molecular formula is C19H21N3O. The van der Waals surface area contributed by atoms with Gasteiger partial charge in [0.1, 0.15) is 11.5 Å². The van der Waals surface area contributed by atoms with Crippen molar-refractivity contribution in [3.05, 3.63) is 60.1 Å². The van der Waals surface area contributed by atoms with Crippen molar-refractivity contribution in [2.75, 3.05) is 11.4 Å². The summed E-state index contributed by atoms with van der Waals surface area (Å²) in [5, 5.41) is 0. The number of hydrogen-bond acceptors (Lipinski definition) is 4. The van der Waals surface area contributed by atoms with Crippen LogP contribution in [-0.2, 0) is 0 Å². The molecule has 0 unspecified atom stereocenters. The molecule has 4 heteroatoms. The molecule has 3 heterocycles. The van der Waals surface area contributed by atoms with Crippen LogP contribution in [0.25, 0.3) is 6.08 Å². The number of pyridine rings is 2. The average molecular weight is 307 g/mol. The quantitative estimate of drug-likeness (QED) is 0.807. The Bertz CT molecular complexity index is 726. The Morgan fingerprint density at radius 1 is 1.35 bits per heavy atom. The second kappa shape index (κ2) is 6.73. The lowest BCUT2D eigenvalue weighted by atomic mass is 10.0. The van der Waals surface area contributed by atoms with E-state index in [4.69, 9.17) is 0 Å². The Labute approximate surface area is 136 Å². The van der Waals surface area contributed by atoms with E-state index in [2.05, 4.69) is 28.4 Å². The van der Waals surface area contributed by atoms with E-state index in [1.165, 1.54) is 19.3 Å². The molecule has 0 saturated carbocycles. The molecule has 1 fully saturated rings. The normalized spacial score (nSPS) is 17.8. The Balaban J connectivity index is 1.89. The molecule has 0 aliphatic carbocycles. The molecule has 3 rings (SSSR count). The number of aromatic nitrogens is 2. The monoisotopic (exact) mass is 307 g/mol. The summed E-state index contributed by atoms with van der Waals surface area (Å²) in [5.41, 5.74) is 1.83. The van der Waals surface area contributed by atoms with Crippen molar-refractivity contribution < 1.29 is 4.79 Å². The molecule has 2 aromatic heterocycles. The first kappa shape index (κ1) is 15.4. The van der Waals surface area contributed by atoms with Crippen LogP contribution in [0.4, 0.5) is 5.82 Å². The molecule has 4 nitrogen and oxygen atoms in total. The number of hydrogen-bond donors (Lipinski definition) is 0. The van der Waals surface area contributed by atoms with Gasteiger partial charge in [0.2, 0.25) is 5.78 Å². The standard InChI is InChI=1S/C19H21N3O/c1-3-15-11-16(13-20-12-15)19(23)17-8-6-9-18(21-17)22-10-5-4-7-14(22)2/h3,6,8-9,11-14H,1,4-5,7,10H2,2H3/t14-/m1/s1. The van der Waals surface area contributed by atoms with Crippen LogP contribution in [0.15, 0.2) is 43.2 Å². The summed E-state index contributed by atoms with van der Waals surface area (Å²) in [7, 11) is 0. The Morgan fingerprint density at radius 3 is 3.00 bits per heavy atom. The predicted molar refractivity (Wildman–Crippen MR) is 92.7 cm³/mol. The number of piperidine rings is 1. The molecule has 1 saturated heterocycles. The molecule has 118 valence electrons. The van der Waals surface area contributed by atoms with Crippen LogP contribution in [0.5, 0.6) is 0 Å². The van der Waals surface area contributed by atoms with Crippen molar-refractivity contribution in [3.8, 4) is 0 Å². The Morgan fingerprint density at radius 2 is 2.22 bits per heavy atom. The van der Waals surface area contributed by atoms with Crippen LogP contribution in [-0.4, -0.2) is 28.3 Å². The van der Waals surface area contributed by atoms with Crippen LogP contribution in [0.2, 0.25) is 0 Å². The summed E-state index contributed by atoms with van der Waals surface area (Å²) in [4.78, 5) is 23.7. The zero-order valence-electron chi connectivity index (χ0n) is 13.4. The molecule has 2 aromatic rings. The average Bonchev–Trinajstić information content (AvgIpc) is 2.61. The Hall–Kier alpha value is -2.49. The molecule has 1 aliphatic rings. The van der Waals surface area contributed by atoms with Gasteiger partial charge in [0.05, 0.1) is 0 Å². The van der Waals surface area contributed by atoms with Gasteiger partial charge in [-0.2, -0.15) is 0 Å². The lowest BCUT2D eigenvalue weighted by molar-refractivity contribution is 0.103. The predicted octanol–water partition coefficient (Wildman–Crippen LogP) is 3.73. The minimum atomic E-state index is -0.104. The van der Waals surface area contributed by atoms with Gasteiger partial charge in [-0.25, -0.2) is 4.98 Å². The fraction of sp³-hybridized carbons (Fsp3) is 0.316. The molecular weight excluding hydrogens is 286 g/mol. The number of nitrogens with zero attached hydrogens (tertiary/aromatic N) is 3. The molecule has 0 N–H and O–H groups in total. The van der Waals surface area contributed by atoms with E-state index in [0.717, 1.165) is 17.9 Å². The smallest absolute Gasteiger partial charge is 0.212 e. The highest BCUT2D eigenvalue weighted by Gasteiger charge is 2.21. The van der Waals surface area contributed by atoms with Crippen LogP contribution in [0.1, 0.15) is 47.8 Å². The summed E-state index contributed by atoms with van der Waals surface area (Å²) in [6.07, 6.45) is 8.55. The van der Waals surface area contributed by atoms with Gasteiger partial charge in [0.25, 0.3) is 0 Å². The van der Waals surface area contributed by atoms with Crippen molar-refractivity contribution in [1.82, 2.24) is 9.97 Å². The van der Waals surface area contributed by atoms with Crippen molar-refractivity contribution in [2.45, 2.75) is 32.2 Å². The summed E-state index contributed by atoms with van der Waals surface area (Å²) >= 11 is 0. The van der Waals surface area contributed by atoms with Crippen LogP contribution in [0.3, 0.4) is 0 Å². The van der Waals surface area contributed by atoms with Crippen molar-refractivity contribution in [1.29, 1.82) is 0 Å². The lowest BCUT2D eigenvalue weighted by Crippen LogP contribution is -2.38. The summed E-state index contributed by atoms with van der Waals surface area (Å²) in [6, 6.07) is 7.91. The SMILES string of the molecule is C=Cc1cncc(C(=O)c2cccc(N3CCCC[C@H]3C)n2)c1. The van der Waals surface area contributed by atoms with Gasteiger partial charge in [0, 0.05) is 30.5 Å². The highest BCUT2D eigenvalue weighted by atomic mass is 16.1. The first-order valence-corrected chi connectivity index (χ1v) is 8.05. The highest BCUT2D eigenvalue weighted by Crippen LogP contribution is 2.23. The molecule has 23 heavy (non-hydrogen) atoms. The molecule has 0 bridgehead atoms. The third-order valence-corrected chi connectivity index (χ3v) is 4.32. The molecule has 0 amide bonds. The first-order valence-electron chi connectivity index (χ1n) is 8.05. The number of anilines is 1. The van der Waals surface area contributed by atoms with E-state index < -0.39 is 0 Å². The largest absolute Gasteiger partial charge is 0.354 e. The molecule has 1 aliphatic heterocycles. The van der Waals surface area contributed by atoms with Gasteiger partial charge >= 0.3 is 0 Å². The van der Waals surface area contributed by atoms with E-state index in [1.807, 2.05) is 12.1 Å². The Kier molecular flexibility index (Phi) is 4.51. The van der Waals surface area contributed by atoms with E-state index in [9.17, 15) is 4.79 Å². The maximum Gasteiger partial charge on any atom is 0.212 e. The van der Waals surface area contributed by atoms with Gasteiger partial charge in [-0.05, 0) is 49.9 Å². The van der Waals surface area contributed by atoms with E-state index >= 15 is 0 Å². The number of carbonyl (C=O) groups is 1. The van der Waals surface area contributed by atoms with Crippen LogP contribution >= 0.6 is 0 Å². The van der Waals surface area contributed by atoms with Crippen molar-refractivity contribution >= 4 is 17.7 Å². The van der Waals surface area contributed by atoms with Crippen LogP contribution < -0.4 is 4.90 Å². The molecule has 0 aromatic carbocycles. The highest BCUT2D eigenvalue weighted by molar-refractivity contribution is 6.07. The van der Waals surface area contributed by atoms with Crippen LogP contribution in [0, 0.1) is 0 Å². The topological polar surface area (TPSA) is 46.1 Å². The number of ketones is 1. The zero-order chi connectivity index (χ0) is 16.2. The van der Waals surface area contributed by atoms with Crippen molar-refractivity contribution in [3.63, 3.8) is 0 Å². The van der Waals surface area contributed by atoms with E-state index in [-0.39, 0.29) is 5.78 Å². The summed E-state index contributed by atoms with van der Waals surface area (Å²) in [6.45, 7) is 6.93. The van der Waals surface area contributed by atoms with Gasteiger partial charge in [0.15, 0.2) is 0 Å². The van der Waals surface area contributed by atoms with Crippen molar-refractivity contribution in [2.24, 2.45) is 0 Å². The second-order valence-corrected chi connectivity index (χ2v) is 5.96. The first-order chi connectivity index (χ1) is 11.2. The third kappa shape index (κ3) is 3.31. The third-order valence-electron chi connectivity index (χ3n) is 4.32. The number of rotatable bonds is 4. The van der Waals surface area contributed by atoms with Gasteiger partial charge in [-0.15, -0.1) is 0 Å². The molecule has 0 spiro atoms. The van der Waals surface area contributed by atoms with Gasteiger partial charge < -0.3 is 4.90 Å². The fourth-order valence-corrected chi connectivity index (χ4v) is 2.99. The molecule has 1 atom stereocenters. The summed E-state index contributed by atoms with van der Waals surface area (Å²) in [5.74, 6) is 0.781. The maximum absolute atomic E-state index is 12.7. The van der Waals surface area contributed by atoms with Gasteiger partial charge in [-0.1, -0.05) is 18.7 Å². The zero-order valence-corrected chi connectivity index (χ0v) is 13.4. The number of carbonyl (C=O) groups excluding carboxylic acids is 1. The minimum absolute atomic E-state index is 0.104. The van der Waals surface area contributed by atoms with Gasteiger partial charge in [-0.3, -0.25) is 9.78 Å². The van der Waals surface area contributed by atoms with E-state index in [1.54, 1.807) is 30.6 Å². The molecule has 0 radical (unpaired) electrons. The minimum Gasteiger partial charge on any atom is -0.354 e. The second-order valence-electron chi connectivity index (χ2n) is 5.96. The lowest BCUT2D eigenvalue weighted by Gasteiger charge is -2.34. The maximum atomic E-state index is 12.7. The fourth-order valence-electron chi connectivity index (χ4n) is 2.99.